The molecule has 1 atom stereocenters. The van der Waals surface area contributed by atoms with Crippen LogP contribution in [-0.2, 0) is 10.0 Å². The largest absolute Gasteiger partial charge is 0.360 e. The van der Waals surface area contributed by atoms with Gasteiger partial charge in [-0.15, -0.1) is 11.3 Å². The predicted octanol–water partition coefficient (Wildman–Crippen LogP) is 4.67. The van der Waals surface area contributed by atoms with E-state index >= 15 is 0 Å². The minimum atomic E-state index is -3.78. The molecule has 2 aromatic carbocycles. The number of para-hydroxylation sites is 2. The average Bonchev–Trinajstić information content (AvgIpc) is 3.24. The average molecular weight is 411 g/mol. The molecule has 6 nitrogen and oxygen atoms in total. The Morgan fingerprint density at radius 3 is 2.14 bits per heavy atom. The number of sulfonamides is 1. The highest BCUT2D eigenvalue weighted by atomic mass is 32.2. The molecule has 0 radical (unpaired) electrons. The van der Waals surface area contributed by atoms with Crippen LogP contribution in [0, 0.1) is 0 Å². The topological polar surface area (TPSA) is 84.0 Å². The highest BCUT2D eigenvalue weighted by Crippen LogP contribution is 2.29. The standard InChI is InChI=1S/C20H18N4O2S2/c1-14(18-12-7-13-27-18)21-19-20(23-17-11-6-5-10-16(17)22-19)24-28(25,26)15-8-3-2-4-9-15/h2-14H,1H3,(H,21,22)(H,23,24)/t14-/m0/s1. The first-order chi connectivity index (χ1) is 13.5. The smallest absolute Gasteiger partial charge is 0.263 e. The van der Waals surface area contributed by atoms with Crippen LogP contribution in [-0.4, -0.2) is 18.4 Å². The molecule has 28 heavy (non-hydrogen) atoms. The summed E-state index contributed by atoms with van der Waals surface area (Å²) in [5.41, 5.74) is 1.30. The summed E-state index contributed by atoms with van der Waals surface area (Å²) in [6.45, 7) is 2.00. The number of nitrogens with zero attached hydrogens (tertiary/aromatic N) is 2. The lowest BCUT2D eigenvalue weighted by molar-refractivity contribution is 0.601. The molecule has 142 valence electrons. The molecular weight excluding hydrogens is 392 g/mol. The number of benzene rings is 2. The maximum Gasteiger partial charge on any atom is 0.263 e. The first kappa shape index (κ1) is 18.4. The Hall–Kier alpha value is -2.97. The van der Waals surface area contributed by atoms with Crippen molar-refractivity contribution in [2.24, 2.45) is 0 Å². The first-order valence-corrected chi connectivity index (χ1v) is 11.0. The molecule has 2 heterocycles. The number of hydrogen-bond donors (Lipinski definition) is 2. The van der Waals surface area contributed by atoms with Crippen molar-refractivity contribution in [2.75, 3.05) is 10.0 Å². The zero-order valence-electron chi connectivity index (χ0n) is 15.0. The fourth-order valence-corrected chi connectivity index (χ4v) is 4.54. The molecular formula is C20H18N4O2S2. The van der Waals surface area contributed by atoms with Crippen molar-refractivity contribution in [3.8, 4) is 0 Å². The van der Waals surface area contributed by atoms with Crippen LogP contribution >= 0.6 is 11.3 Å². The Balaban J connectivity index is 1.75. The maximum atomic E-state index is 12.8. The summed E-state index contributed by atoms with van der Waals surface area (Å²) in [7, 11) is -3.78. The van der Waals surface area contributed by atoms with Crippen molar-refractivity contribution in [3.63, 3.8) is 0 Å². The van der Waals surface area contributed by atoms with Gasteiger partial charge in [0.05, 0.1) is 22.0 Å². The van der Waals surface area contributed by atoms with Crippen LogP contribution in [0.5, 0.6) is 0 Å². The van der Waals surface area contributed by atoms with Crippen LogP contribution in [0.4, 0.5) is 11.6 Å². The fourth-order valence-electron chi connectivity index (χ4n) is 2.77. The zero-order chi connectivity index (χ0) is 19.6. The molecule has 8 heteroatoms. The van der Waals surface area contributed by atoms with Crippen LogP contribution in [0.2, 0.25) is 0 Å². The lowest BCUT2D eigenvalue weighted by Gasteiger charge is -2.17. The van der Waals surface area contributed by atoms with E-state index in [-0.39, 0.29) is 16.8 Å². The van der Waals surface area contributed by atoms with Crippen LogP contribution in [0.3, 0.4) is 0 Å². The van der Waals surface area contributed by atoms with Gasteiger partial charge in [0, 0.05) is 4.88 Å². The SMILES string of the molecule is C[C@H](Nc1nc2ccccc2nc1NS(=O)(=O)c1ccccc1)c1cccs1. The van der Waals surface area contributed by atoms with Crippen molar-refractivity contribution < 1.29 is 8.42 Å². The number of nitrogens with one attached hydrogen (secondary N) is 2. The minimum absolute atomic E-state index is 0.0459. The second-order valence-corrected chi connectivity index (χ2v) is 8.87. The zero-order valence-corrected chi connectivity index (χ0v) is 16.7. The Kier molecular flexibility index (Phi) is 4.97. The molecule has 0 aliphatic carbocycles. The summed E-state index contributed by atoms with van der Waals surface area (Å²) in [6.07, 6.45) is 0. The van der Waals surface area contributed by atoms with Crippen LogP contribution < -0.4 is 10.0 Å². The molecule has 0 saturated heterocycles. The number of fused-ring (bicyclic) bond motifs is 1. The Labute approximate surface area is 167 Å². The van der Waals surface area contributed by atoms with E-state index in [1.807, 2.05) is 42.6 Å². The van der Waals surface area contributed by atoms with E-state index in [0.29, 0.717) is 16.9 Å². The van der Waals surface area contributed by atoms with Gasteiger partial charge < -0.3 is 5.32 Å². The van der Waals surface area contributed by atoms with E-state index in [1.165, 1.54) is 12.1 Å². The van der Waals surface area contributed by atoms with Gasteiger partial charge in [0.15, 0.2) is 11.6 Å². The van der Waals surface area contributed by atoms with Crippen molar-refractivity contribution in [3.05, 3.63) is 77.0 Å². The van der Waals surface area contributed by atoms with Gasteiger partial charge >= 0.3 is 0 Å². The van der Waals surface area contributed by atoms with Gasteiger partial charge in [0.25, 0.3) is 10.0 Å². The van der Waals surface area contributed by atoms with E-state index in [0.717, 1.165) is 4.88 Å². The van der Waals surface area contributed by atoms with Crippen molar-refractivity contribution >= 4 is 44.0 Å². The molecule has 2 aromatic heterocycles. The third-order valence-corrected chi connectivity index (χ3v) is 6.59. The summed E-state index contributed by atoms with van der Waals surface area (Å²) in [5.74, 6) is 0.560. The summed E-state index contributed by atoms with van der Waals surface area (Å²) >= 11 is 1.62. The molecule has 0 saturated carbocycles. The Morgan fingerprint density at radius 1 is 0.857 bits per heavy atom. The number of aromatic nitrogens is 2. The summed E-state index contributed by atoms with van der Waals surface area (Å²) in [5, 5.41) is 5.29. The number of anilines is 2. The molecule has 4 aromatic rings. The third kappa shape index (κ3) is 3.83. The fraction of sp³-hybridized carbons (Fsp3) is 0.100. The minimum Gasteiger partial charge on any atom is -0.360 e. The molecule has 0 fully saturated rings. The van der Waals surface area contributed by atoms with E-state index in [4.69, 9.17) is 0 Å². The van der Waals surface area contributed by atoms with Crippen LogP contribution in [0.1, 0.15) is 17.8 Å². The molecule has 2 N–H and O–H groups in total. The third-order valence-electron chi connectivity index (χ3n) is 4.18. The summed E-state index contributed by atoms with van der Waals surface area (Å²) in [6, 6.07) is 19.5. The van der Waals surface area contributed by atoms with Gasteiger partial charge in [-0.05, 0) is 42.6 Å². The van der Waals surface area contributed by atoms with E-state index in [9.17, 15) is 8.42 Å². The second-order valence-electron chi connectivity index (χ2n) is 6.21. The van der Waals surface area contributed by atoms with Gasteiger partial charge in [-0.3, -0.25) is 4.72 Å². The Bertz CT molecular complexity index is 1190. The quantitative estimate of drug-likeness (QED) is 0.483. The first-order valence-electron chi connectivity index (χ1n) is 8.67. The highest BCUT2D eigenvalue weighted by Gasteiger charge is 2.20. The summed E-state index contributed by atoms with van der Waals surface area (Å²) < 4.78 is 28.2. The lowest BCUT2D eigenvalue weighted by atomic mass is 10.2. The van der Waals surface area contributed by atoms with Gasteiger partial charge in [0.1, 0.15) is 0 Å². The van der Waals surface area contributed by atoms with Crippen molar-refractivity contribution in [2.45, 2.75) is 17.9 Å². The number of rotatable bonds is 6. The number of thiophene rings is 1. The maximum absolute atomic E-state index is 12.8. The van der Waals surface area contributed by atoms with E-state index in [1.54, 1.807) is 35.6 Å². The monoisotopic (exact) mass is 410 g/mol. The van der Waals surface area contributed by atoms with Crippen molar-refractivity contribution in [1.82, 2.24) is 9.97 Å². The van der Waals surface area contributed by atoms with E-state index in [2.05, 4.69) is 20.0 Å². The van der Waals surface area contributed by atoms with Gasteiger partial charge in [-0.25, -0.2) is 18.4 Å². The van der Waals surface area contributed by atoms with Gasteiger partial charge in [0.2, 0.25) is 0 Å². The molecule has 4 rings (SSSR count). The van der Waals surface area contributed by atoms with Crippen LogP contribution in [0.25, 0.3) is 11.0 Å². The molecule has 0 aliphatic rings. The number of hydrogen-bond acceptors (Lipinski definition) is 6. The predicted molar refractivity (Wildman–Crippen MR) is 113 cm³/mol. The highest BCUT2D eigenvalue weighted by molar-refractivity contribution is 7.92. The van der Waals surface area contributed by atoms with Crippen LogP contribution in [0.15, 0.2) is 77.0 Å². The van der Waals surface area contributed by atoms with Gasteiger partial charge in [-0.2, -0.15) is 0 Å². The Morgan fingerprint density at radius 2 is 1.50 bits per heavy atom. The molecule has 0 amide bonds. The molecule has 0 spiro atoms. The lowest BCUT2D eigenvalue weighted by Crippen LogP contribution is -2.17. The van der Waals surface area contributed by atoms with E-state index < -0.39 is 10.0 Å². The molecule has 0 aliphatic heterocycles. The van der Waals surface area contributed by atoms with Gasteiger partial charge in [-0.1, -0.05) is 36.4 Å². The molecule has 0 unspecified atom stereocenters. The molecule has 0 bridgehead atoms. The second kappa shape index (κ2) is 7.57. The normalized spacial score (nSPS) is 12.6. The summed E-state index contributed by atoms with van der Waals surface area (Å²) in [4.78, 5) is 10.4. The van der Waals surface area contributed by atoms with Crippen molar-refractivity contribution in [1.29, 1.82) is 0 Å².